The lowest BCUT2D eigenvalue weighted by molar-refractivity contribution is -0.121. The summed E-state index contributed by atoms with van der Waals surface area (Å²) in [5.41, 5.74) is 14.7. The summed E-state index contributed by atoms with van der Waals surface area (Å²) >= 11 is 0. The van der Waals surface area contributed by atoms with E-state index in [4.69, 9.17) is 19.4 Å². The highest BCUT2D eigenvalue weighted by atomic mass is 16.5. The van der Waals surface area contributed by atoms with Gasteiger partial charge in [0.2, 0.25) is 11.8 Å². The zero-order valence-electron chi connectivity index (χ0n) is 34.4. The van der Waals surface area contributed by atoms with Gasteiger partial charge < -0.3 is 40.3 Å². The van der Waals surface area contributed by atoms with Gasteiger partial charge in [0.05, 0.1) is 48.2 Å². The molecule has 2 unspecified atom stereocenters. The molecule has 0 fully saturated rings. The second-order valence-electron chi connectivity index (χ2n) is 14.7. The third-order valence-corrected chi connectivity index (χ3v) is 10.7. The molecule has 2 aliphatic rings. The number of nitrogens with one attached hydrogen (secondary N) is 4. The molecule has 3 aromatic rings. The van der Waals surface area contributed by atoms with Crippen LogP contribution in [0.2, 0.25) is 0 Å². The summed E-state index contributed by atoms with van der Waals surface area (Å²) in [7, 11) is 0. The second kappa shape index (κ2) is 19.5. The molecule has 56 heavy (non-hydrogen) atoms. The van der Waals surface area contributed by atoms with Crippen LogP contribution in [0.3, 0.4) is 0 Å². The summed E-state index contributed by atoms with van der Waals surface area (Å²) in [6.07, 6.45) is 2.77. The van der Waals surface area contributed by atoms with Gasteiger partial charge in [-0.2, -0.15) is 0 Å². The van der Waals surface area contributed by atoms with Crippen LogP contribution in [0.15, 0.2) is 24.3 Å². The van der Waals surface area contributed by atoms with Gasteiger partial charge in [0, 0.05) is 72.3 Å². The topological polar surface area (TPSA) is 174 Å². The van der Waals surface area contributed by atoms with Crippen LogP contribution in [0, 0.1) is 13.8 Å². The number of aryl methyl sites for hydroxylation is 2. The molecule has 8 bridgehead atoms. The van der Waals surface area contributed by atoms with E-state index in [1.165, 1.54) is 0 Å². The lowest BCUT2D eigenvalue weighted by Gasteiger charge is -2.13. The first kappa shape index (κ1) is 42.5. The van der Waals surface area contributed by atoms with E-state index < -0.39 is 0 Å². The molecule has 12 nitrogen and oxygen atoms in total. The highest BCUT2D eigenvalue weighted by Gasteiger charge is 2.24. The van der Waals surface area contributed by atoms with E-state index in [1.54, 1.807) is 0 Å². The van der Waals surface area contributed by atoms with Gasteiger partial charge in [-0.25, -0.2) is 9.97 Å². The molecule has 6 N–H and O–H groups in total. The highest BCUT2D eigenvalue weighted by molar-refractivity contribution is 5.97. The van der Waals surface area contributed by atoms with Gasteiger partial charge in [0.1, 0.15) is 0 Å². The summed E-state index contributed by atoms with van der Waals surface area (Å²) in [5.74, 6) is -0.301. The fourth-order valence-electron chi connectivity index (χ4n) is 7.62. The van der Waals surface area contributed by atoms with E-state index in [-0.39, 0.29) is 63.2 Å². The van der Waals surface area contributed by atoms with Crippen molar-refractivity contribution in [1.82, 2.24) is 30.6 Å². The van der Waals surface area contributed by atoms with Gasteiger partial charge >= 0.3 is 0 Å². The first-order chi connectivity index (χ1) is 26.9. The van der Waals surface area contributed by atoms with E-state index in [0.717, 1.165) is 90.8 Å². The Morgan fingerprint density at radius 1 is 0.643 bits per heavy atom. The van der Waals surface area contributed by atoms with Crippen LogP contribution in [-0.4, -0.2) is 81.5 Å². The Morgan fingerprint density at radius 3 is 1.48 bits per heavy atom. The minimum absolute atomic E-state index is 0.128. The van der Waals surface area contributed by atoms with Gasteiger partial charge in [-0.05, 0) is 125 Å². The average Bonchev–Trinajstić information content (AvgIpc) is 3.85. The van der Waals surface area contributed by atoms with Crippen molar-refractivity contribution in [3.8, 4) is 0 Å². The Kier molecular flexibility index (Phi) is 14.8. The van der Waals surface area contributed by atoms with Crippen LogP contribution in [0.5, 0.6) is 0 Å². The number of amides is 2. The number of nitrogens with zero attached hydrogens (tertiary/aromatic N) is 2. The summed E-state index contributed by atoms with van der Waals surface area (Å²) < 4.78 is 12.6. The molecule has 5 rings (SSSR count). The van der Waals surface area contributed by atoms with Crippen molar-refractivity contribution in [3.05, 3.63) is 69.3 Å². The van der Waals surface area contributed by atoms with Gasteiger partial charge in [-0.1, -0.05) is 13.8 Å². The van der Waals surface area contributed by atoms with Gasteiger partial charge in [-0.15, -0.1) is 0 Å². The minimum atomic E-state index is -0.190. The molecule has 302 valence electrons. The van der Waals surface area contributed by atoms with Crippen molar-refractivity contribution in [3.63, 3.8) is 0 Å². The van der Waals surface area contributed by atoms with Crippen LogP contribution in [-0.2, 0) is 19.1 Å². The number of ether oxygens (including phenoxy) is 2. The number of hydrogen-bond donors (Lipinski definition) is 6. The Bertz CT molecular complexity index is 2140. The van der Waals surface area contributed by atoms with Gasteiger partial charge in [0.15, 0.2) is 0 Å². The molecule has 0 aliphatic carbocycles. The zero-order chi connectivity index (χ0) is 40.5. The van der Waals surface area contributed by atoms with Gasteiger partial charge in [0.25, 0.3) is 0 Å². The molecule has 2 amide bonds. The number of carbonyl (C=O) groups excluding carboxylic acids is 2. The lowest BCUT2D eigenvalue weighted by atomic mass is 9.98. The van der Waals surface area contributed by atoms with E-state index >= 15 is 0 Å². The number of allylic oxidation sites excluding steroid dienone is 4. The molecule has 0 aromatic carbocycles. The molecule has 0 saturated heterocycles. The minimum Gasteiger partial charge on any atom is -0.395 e. The van der Waals surface area contributed by atoms with Crippen molar-refractivity contribution in [2.24, 2.45) is 0 Å². The summed E-state index contributed by atoms with van der Waals surface area (Å²) in [6, 6.07) is 8.29. The lowest BCUT2D eigenvalue weighted by Crippen LogP contribution is -2.26. The molecule has 3 aromatic heterocycles. The monoisotopic (exact) mass is 768 g/mol. The average molecular weight is 769 g/mol. The van der Waals surface area contributed by atoms with Crippen molar-refractivity contribution in [2.75, 3.05) is 39.5 Å². The highest BCUT2D eigenvalue weighted by Crippen LogP contribution is 2.39. The standard InChI is InChI=1S/C44H60N6O6/c1-9-19-55-29(7)43-27(5)35-21-33-25(3)31(11-13-41(53)45-15-17-51)37(47-33)24-38-32(12-14-42(54)46-16-18-52)26(4)34(48-38)22-39-44(30(8)56-20-10-2)28(6)36(50-39)23-40(43)49-35/h21-24,29-30,49-52H,9-20H2,1-8H3,(H,45,53)(H,46,54). The predicted octanol–water partition coefficient (Wildman–Crippen LogP) is 7.55. The molecule has 0 radical (unpaired) electrons. The van der Waals surface area contributed by atoms with E-state index in [2.05, 4.69) is 80.3 Å². The molecule has 0 saturated carbocycles. The number of fused-ring (bicyclic) bond motifs is 8. The number of aromatic nitrogens is 4. The second-order valence-corrected chi connectivity index (χ2v) is 14.7. The SMILES string of the molecule is CCCOC(C)c1c(C)c2cc3[nH]c(cc4nc(cc5nc(cc1[nH]2)C(C)=C5CCC(=O)NCCO)C(CCC(=O)NCCO)=C4C)c(C)c3C(C)OCCC. The van der Waals surface area contributed by atoms with Crippen LogP contribution in [0.1, 0.15) is 137 Å². The smallest absolute Gasteiger partial charge is 0.220 e. The molecular weight excluding hydrogens is 709 g/mol. The Balaban J connectivity index is 1.84. The maximum atomic E-state index is 12.8. The van der Waals surface area contributed by atoms with Crippen molar-refractivity contribution < 1.29 is 29.3 Å². The van der Waals surface area contributed by atoms with Crippen LogP contribution in [0.4, 0.5) is 0 Å². The third kappa shape index (κ3) is 9.66. The normalized spacial score (nSPS) is 14.0. The maximum absolute atomic E-state index is 12.8. The fraction of sp³-hybridized carbons (Fsp3) is 0.500. The van der Waals surface area contributed by atoms with Gasteiger partial charge in [-0.3, -0.25) is 9.59 Å². The summed E-state index contributed by atoms with van der Waals surface area (Å²) in [6.45, 7) is 18.1. The number of aliphatic hydroxyl groups is 2. The third-order valence-electron chi connectivity index (χ3n) is 10.7. The number of hydrogen-bond acceptors (Lipinski definition) is 8. The number of aliphatic hydroxyl groups excluding tert-OH is 2. The van der Waals surface area contributed by atoms with E-state index in [0.29, 0.717) is 37.4 Å². The van der Waals surface area contributed by atoms with Crippen molar-refractivity contribution in [2.45, 2.75) is 106 Å². The van der Waals surface area contributed by atoms with E-state index in [1.807, 2.05) is 19.9 Å². The number of carbonyl (C=O) groups is 2. The maximum Gasteiger partial charge on any atom is 0.220 e. The first-order valence-electron chi connectivity index (χ1n) is 20.1. The van der Waals surface area contributed by atoms with Crippen LogP contribution >= 0.6 is 0 Å². The Labute approximate surface area is 330 Å². The molecule has 0 spiro atoms. The molecule has 5 heterocycles. The van der Waals surface area contributed by atoms with Crippen LogP contribution in [0.25, 0.3) is 44.4 Å². The van der Waals surface area contributed by atoms with Crippen molar-refractivity contribution in [1.29, 1.82) is 0 Å². The summed E-state index contributed by atoms with van der Waals surface area (Å²) in [4.78, 5) is 43.4. The Morgan fingerprint density at radius 2 is 1.05 bits per heavy atom. The molecule has 2 aliphatic heterocycles. The fourth-order valence-corrected chi connectivity index (χ4v) is 7.62. The number of aromatic amines is 2. The van der Waals surface area contributed by atoms with E-state index in [9.17, 15) is 19.8 Å². The number of rotatable bonds is 18. The number of H-pyrrole nitrogens is 2. The summed E-state index contributed by atoms with van der Waals surface area (Å²) in [5, 5.41) is 24.1. The van der Waals surface area contributed by atoms with Crippen molar-refractivity contribution >= 4 is 56.2 Å². The first-order valence-corrected chi connectivity index (χ1v) is 20.1. The molecule has 12 heteroatoms. The van der Waals surface area contributed by atoms with Crippen LogP contribution < -0.4 is 10.6 Å². The zero-order valence-corrected chi connectivity index (χ0v) is 34.4. The largest absolute Gasteiger partial charge is 0.395 e. The predicted molar refractivity (Wildman–Crippen MR) is 223 cm³/mol. The Hall–Kier alpha value is -4.62. The molecular formula is C44H60N6O6. The quantitative estimate of drug-likeness (QED) is 0.0770. The molecule has 2 atom stereocenters.